The predicted octanol–water partition coefficient (Wildman–Crippen LogP) is 2.24. The molecule has 2 amide bonds. The molecule has 1 aromatic carbocycles. The number of carbonyl (C=O) groups excluding carboxylic acids is 1. The summed E-state index contributed by atoms with van der Waals surface area (Å²) in [7, 11) is 4.21. The zero-order valence-electron chi connectivity index (χ0n) is 15.7. The summed E-state index contributed by atoms with van der Waals surface area (Å²) in [6.45, 7) is 5.90. The fourth-order valence-corrected chi connectivity index (χ4v) is 4.11. The summed E-state index contributed by atoms with van der Waals surface area (Å²) in [6.07, 6.45) is 3.36. The topological polar surface area (TPSA) is 38.8 Å². The van der Waals surface area contributed by atoms with Crippen LogP contribution < -0.4 is 5.32 Å². The Balaban J connectivity index is 1.45. The number of urea groups is 1. The first-order valence-electron chi connectivity index (χ1n) is 9.56. The summed E-state index contributed by atoms with van der Waals surface area (Å²) in [6, 6.07) is 11.0. The lowest BCUT2D eigenvalue weighted by Crippen LogP contribution is -2.51. The number of benzene rings is 1. The number of hydrogen-bond donors (Lipinski definition) is 1. The lowest BCUT2D eigenvalue weighted by Gasteiger charge is -2.34. The molecule has 1 aromatic rings. The molecule has 2 fully saturated rings. The van der Waals surface area contributed by atoms with Crippen molar-refractivity contribution >= 4 is 6.03 Å². The highest BCUT2D eigenvalue weighted by Gasteiger charge is 2.29. The third-order valence-corrected chi connectivity index (χ3v) is 5.28. The van der Waals surface area contributed by atoms with Crippen LogP contribution in [0.3, 0.4) is 0 Å². The normalized spacial score (nSPS) is 24.7. The summed E-state index contributed by atoms with van der Waals surface area (Å²) in [5, 5.41) is 3.28. The predicted molar refractivity (Wildman–Crippen MR) is 102 cm³/mol. The molecule has 0 aromatic heterocycles. The van der Waals surface area contributed by atoms with Gasteiger partial charge in [-0.25, -0.2) is 4.79 Å². The Bertz CT molecular complexity index is 548. The molecule has 2 saturated heterocycles. The fraction of sp³-hybridized carbons (Fsp3) is 0.650. The Morgan fingerprint density at radius 2 is 1.96 bits per heavy atom. The number of hydrogen-bond acceptors (Lipinski definition) is 3. The first-order chi connectivity index (χ1) is 12.1. The van der Waals surface area contributed by atoms with Gasteiger partial charge in [-0.15, -0.1) is 0 Å². The summed E-state index contributed by atoms with van der Waals surface area (Å²) >= 11 is 0. The average Bonchev–Trinajstić information content (AvgIpc) is 3.04. The number of likely N-dealkylation sites (tertiary alicyclic amines) is 2. The molecule has 0 saturated carbocycles. The van der Waals surface area contributed by atoms with Crippen molar-refractivity contribution in [2.75, 3.05) is 46.8 Å². The number of nitrogens with zero attached hydrogens (tertiary/aromatic N) is 3. The van der Waals surface area contributed by atoms with Crippen LogP contribution in [0.15, 0.2) is 30.3 Å². The van der Waals surface area contributed by atoms with Crippen LogP contribution in [0, 0.1) is 5.92 Å². The Hall–Kier alpha value is -1.59. The van der Waals surface area contributed by atoms with Crippen molar-refractivity contribution in [2.45, 2.75) is 31.8 Å². The van der Waals surface area contributed by atoms with Crippen LogP contribution in [0.2, 0.25) is 0 Å². The molecule has 0 bridgehead atoms. The van der Waals surface area contributed by atoms with Crippen LogP contribution in [0.25, 0.3) is 0 Å². The number of rotatable bonds is 5. The molecular formula is C20H32N4O. The monoisotopic (exact) mass is 344 g/mol. The van der Waals surface area contributed by atoms with Gasteiger partial charge in [0.05, 0.1) is 0 Å². The SMILES string of the molecule is CN(C)C[C@@H]1CCN(C(=O)N[C@@H]2CCCN(Cc3ccccc3)C2)C1. The lowest BCUT2D eigenvalue weighted by molar-refractivity contribution is 0.167. The van der Waals surface area contributed by atoms with Gasteiger partial charge in [0.2, 0.25) is 0 Å². The molecule has 0 unspecified atom stereocenters. The van der Waals surface area contributed by atoms with E-state index >= 15 is 0 Å². The Morgan fingerprint density at radius 3 is 2.72 bits per heavy atom. The molecule has 1 N–H and O–H groups in total. The zero-order valence-corrected chi connectivity index (χ0v) is 15.7. The van der Waals surface area contributed by atoms with E-state index < -0.39 is 0 Å². The second-order valence-corrected chi connectivity index (χ2v) is 7.87. The molecule has 0 spiro atoms. The van der Waals surface area contributed by atoms with Crippen LogP contribution in [0.5, 0.6) is 0 Å². The molecule has 2 aliphatic rings. The fourth-order valence-electron chi connectivity index (χ4n) is 4.11. The van der Waals surface area contributed by atoms with Crippen LogP contribution in [-0.4, -0.2) is 73.6 Å². The molecule has 0 radical (unpaired) electrons. The van der Waals surface area contributed by atoms with Gasteiger partial charge in [0, 0.05) is 38.8 Å². The molecule has 138 valence electrons. The van der Waals surface area contributed by atoms with Gasteiger partial charge >= 0.3 is 6.03 Å². The minimum atomic E-state index is 0.132. The van der Waals surface area contributed by atoms with Crippen LogP contribution in [0.1, 0.15) is 24.8 Å². The van der Waals surface area contributed by atoms with E-state index in [0.29, 0.717) is 5.92 Å². The highest BCUT2D eigenvalue weighted by Crippen LogP contribution is 2.18. The van der Waals surface area contributed by atoms with E-state index in [1.54, 1.807) is 0 Å². The number of nitrogens with one attached hydrogen (secondary N) is 1. The van der Waals surface area contributed by atoms with E-state index in [9.17, 15) is 4.79 Å². The molecule has 25 heavy (non-hydrogen) atoms. The molecule has 2 heterocycles. The minimum absolute atomic E-state index is 0.132. The number of carbonyl (C=O) groups is 1. The van der Waals surface area contributed by atoms with Crippen molar-refractivity contribution < 1.29 is 4.79 Å². The van der Waals surface area contributed by atoms with Gasteiger partial charge in [0.1, 0.15) is 0 Å². The summed E-state index contributed by atoms with van der Waals surface area (Å²) in [4.78, 5) is 19.3. The van der Waals surface area contributed by atoms with Gasteiger partial charge in [-0.1, -0.05) is 30.3 Å². The largest absolute Gasteiger partial charge is 0.334 e. The zero-order chi connectivity index (χ0) is 17.6. The summed E-state index contributed by atoms with van der Waals surface area (Å²) < 4.78 is 0. The van der Waals surface area contributed by atoms with E-state index in [1.807, 2.05) is 4.90 Å². The first-order valence-corrected chi connectivity index (χ1v) is 9.56. The molecule has 3 rings (SSSR count). The van der Waals surface area contributed by atoms with Crippen molar-refractivity contribution in [2.24, 2.45) is 5.92 Å². The second kappa shape index (κ2) is 8.68. The van der Waals surface area contributed by atoms with Crippen molar-refractivity contribution in [1.29, 1.82) is 0 Å². The van der Waals surface area contributed by atoms with Crippen molar-refractivity contribution in [3.63, 3.8) is 0 Å². The second-order valence-electron chi connectivity index (χ2n) is 7.87. The third-order valence-electron chi connectivity index (χ3n) is 5.28. The lowest BCUT2D eigenvalue weighted by atomic mass is 10.0. The molecule has 2 atom stereocenters. The van der Waals surface area contributed by atoms with Crippen molar-refractivity contribution in [1.82, 2.24) is 20.0 Å². The molecule has 2 aliphatic heterocycles. The smallest absolute Gasteiger partial charge is 0.317 e. The molecule has 5 nitrogen and oxygen atoms in total. The van der Waals surface area contributed by atoms with E-state index in [4.69, 9.17) is 0 Å². The van der Waals surface area contributed by atoms with Crippen molar-refractivity contribution in [3.8, 4) is 0 Å². The maximum atomic E-state index is 12.6. The Morgan fingerprint density at radius 1 is 1.16 bits per heavy atom. The highest BCUT2D eigenvalue weighted by molar-refractivity contribution is 5.74. The van der Waals surface area contributed by atoms with Crippen LogP contribution in [-0.2, 0) is 6.54 Å². The molecule has 0 aliphatic carbocycles. The quantitative estimate of drug-likeness (QED) is 0.890. The average molecular weight is 345 g/mol. The van der Waals surface area contributed by atoms with E-state index in [0.717, 1.165) is 58.5 Å². The number of amides is 2. The minimum Gasteiger partial charge on any atom is -0.334 e. The molecule has 5 heteroatoms. The van der Waals surface area contributed by atoms with Gasteiger partial charge < -0.3 is 15.1 Å². The Labute approximate surface area is 152 Å². The van der Waals surface area contributed by atoms with Gasteiger partial charge in [-0.2, -0.15) is 0 Å². The summed E-state index contributed by atoms with van der Waals surface area (Å²) in [5.41, 5.74) is 1.35. The highest BCUT2D eigenvalue weighted by atomic mass is 16.2. The van der Waals surface area contributed by atoms with Gasteiger partial charge in [-0.05, 0) is 51.4 Å². The maximum absolute atomic E-state index is 12.6. The van der Waals surface area contributed by atoms with Crippen molar-refractivity contribution in [3.05, 3.63) is 35.9 Å². The first kappa shape index (κ1) is 18.2. The van der Waals surface area contributed by atoms with E-state index in [1.165, 1.54) is 5.56 Å². The maximum Gasteiger partial charge on any atom is 0.317 e. The van der Waals surface area contributed by atoms with Crippen LogP contribution >= 0.6 is 0 Å². The van der Waals surface area contributed by atoms with Crippen LogP contribution in [0.4, 0.5) is 4.79 Å². The van der Waals surface area contributed by atoms with Gasteiger partial charge in [0.25, 0.3) is 0 Å². The standard InChI is InChI=1S/C20H32N4O/c1-22(2)13-18-10-12-24(15-18)20(25)21-19-9-6-11-23(16-19)14-17-7-4-3-5-8-17/h3-5,7-8,18-19H,6,9-16H2,1-2H3,(H,21,25)/t18-,19+/m0/s1. The van der Waals surface area contributed by atoms with Gasteiger partial charge in [0.15, 0.2) is 0 Å². The van der Waals surface area contributed by atoms with E-state index in [2.05, 4.69) is 59.5 Å². The number of piperidine rings is 1. The molecular weight excluding hydrogens is 312 g/mol. The Kier molecular flexibility index (Phi) is 6.32. The summed E-state index contributed by atoms with van der Waals surface area (Å²) in [5.74, 6) is 0.613. The van der Waals surface area contributed by atoms with E-state index in [-0.39, 0.29) is 12.1 Å². The van der Waals surface area contributed by atoms with Gasteiger partial charge in [-0.3, -0.25) is 4.90 Å². The third kappa shape index (κ3) is 5.44.